The van der Waals surface area contributed by atoms with E-state index < -0.39 is 0 Å². The highest BCUT2D eigenvalue weighted by Gasteiger charge is 2.08. The first-order valence-corrected chi connectivity index (χ1v) is 6.88. The van der Waals surface area contributed by atoms with Crippen LogP contribution < -0.4 is 14.8 Å². The van der Waals surface area contributed by atoms with Crippen LogP contribution in [-0.4, -0.2) is 19.6 Å². The first-order valence-electron chi connectivity index (χ1n) is 6.50. The average molecular weight is 306 g/mol. The van der Waals surface area contributed by atoms with Crippen LogP contribution in [0.1, 0.15) is 6.42 Å². The number of rotatable bonds is 6. The lowest BCUT2D eigenvalue weighted by Gasteiger charge is -2.11. The van der Waals surface area contributed by atoms with Crippen molar-refractivity contribution in [2.45, 2.75) is 6.42 Å². The van der Waals surface area contributed by atoms with Crippen molar-refractivity contribution in [2.75, 3.05) is 19.0 Å². The molecule has 4 nitrogen and oxygen atoms in total. The zero-order valence-electron chi connectivity index (χ0n) is 11.6. The van der Waals surface area contributed by atoms with Gasteiger partial charge in [0.15, 0.2) is 0 Å². The summed E-state index contributed by atoms with van der Waals surface area (Å²) in [6, 6.07) is 14.4. The first-order chi connectivity index (χ1) is 10.2. The number of hydrogen-bond donors (Lipinski definition) is 1. The van der Waals surface area contributed by atoms with Gasteiger partial charge in [0.05, 0.1) is 25.8 Å². The van der Waals surface area contributed by atoms with Crippen molar-refractivity contribution in [1.82, 2.24) is 0 Å². The number of hydrogen-bond acceptors (Lipinski definition) is 3. The van der Waals surface area contributed by atoms with Crippen molar-refractivity contribution in [3.63, 3.8) is 0 Å². The van der Waals surface area contributed by atoms with Crippen LogP contribution in [0.4, 0.5) is 5.69 Å². The minimum atomic E-state index is -0.161. The maximum Gasteiger partial charge on any atom is 0.227 e. The first kappa shape index (κ1) is 15.2. The molecule has 0 spiro atoms. The lowest BCUT2D eigenvalue weighted by molar-refractivity contribution is -0.116. The minimum Gasteiger partial charge on any atom is -0.495 e. The van der Waals surface area contributed by atoms with Gasteiger partial charge in [-0.2, -0.15) is 0 Å². The van der Waals surface area contributed by atoms with Crippen LogP contribution in [0.25, 0.3) is 0 Å². The maximum absolute atomic E-state index is 11.9. The Morgan fingerprint density at radius 3 is 2.67 bits per heavy atom. The molecule has 0 atom stereocenters. The number of carbonyl (C=O) groups is 1. The summed E-state index contributed by atoms with van der Waals surface area (Å²) in [5, 5.41) is 3.29. The van der Waals surface area contributed by atoms with Crippen molar-refractivity contribution < 1.29 is 14.3 Å². The third-order valence-corrected chi connectivity index (χ3v) is 3.01. The van der Waals surface area contributed by atoms with E-state index >= 15 is 0 Å². The SMILES string of the molecule is COc1ccc(Cl)cc1NC(=O)CCOc1ccccc1. The van der Waals surface area contributed by atoms with E-state index in [0.717, 1.165) is 5.75 Å². The summed E-state index contributed by atoms with van der Waals surface area (Å²) < 4.78 is 10.6. The highest BCUT2D eigenvalue weighted by atomic mass is 35.5. The van der Waals surface area contributed by atoms with E-state index in [1.165, 1.54) is 7.11 Å². The second-order valence-electron chi connectivity index (χ2n) is 4.30. The summed E-state index contributed by atoms with van der Waals surface area (Å²) in [6.07, 6.45) is 0.241. The number of para-hydroxylation sites is 1. The van der Waals surface area contributed by atoms with Gasteiger partial charge >= 0.3 is 0 Å². The van der Waals surface area contributed by atoms with Gasteiger partial charge in [-0.3, -0.25) is 4.79 Å². The van der Waals surface area contributed by atoms with Gasteiger partial charge in [0.1, 0.15) is 11.5 Å². The van der Waals surface area contributed by atoms with Gasteiger partial charge in [0.2, 0.25) is 5.91 Å². The summed E-state index contributed by atoms with van der Waals surface area (Å²) in [7, 11) is 1.54. The van der Waals surface area contributed by atoms with Crippen LogP contribution in [0.2, 0.25) is 5.02 Å². The van der Waals surface area contributed by atoms with Crippen molar-refractivity contribution in [3.8, 4) is 11.5 Å². The molecule has 0 bridgehead atoms. The molecule has 0 aliphatic carbocycles. The van der Waals surface area contributed by atoms with E-state index in [9.17, 15) is 4.79 Å². The van der Waals surface area contributed by atoms with E-state index in [2.05, 4.69) is 5.32 Å². The summed E-state index contributed by atoms with van der Waals surface area (Å²) in [4.78, 5) is 11.9. The molecule has 0 unspecified atom stereocenters. The minimum absolute atomic E-state index is 0.161. The van der Waals surface area contributed by atoms with Crippen LogP contribution in [0.5, 0.6) is 11.5 Å². The highest BCUT2D eigenvalue weighted by molar-refractivity contribution is 6.31. The molecular formula is C16H16ClNO3. The van der Waals surface area contributed by atoms with Crippen molar-refractivity contribution in [1.29, 1.82) is 0 Å². The number of ether oxygens (including phenoxy) is 2. The standard InChI is InChI=1S/C16H16ClNO3/c1-20-15-8-7-12(17)11-14(15)18-16(19)9-10-21-13-5-3-2-4-6-13/h2-8,11H,9-10H2,1H3,(H,18,19). The van der Waals surface area contributed by atoms with Gasteiger partial charge in [0.25, 0.3) is 0 Å². The molecule has 2 rings (SSSR count). The normalized spacial score (nSPS) is 10.0. The Morgan fingerprint density at radius 2 is 1.95 bits per heavy atom. The van der Waals surface area contributed by atoms with E-state index in [1.807, 2.05) is 30.3 Å². The second-order valence-corrected chi connectivity index (χ2v) is 4.74. The molecule has 0 aliphatic rings. The molecular weight excluding hydrogens is 290 g/mol. The van der Waals surface area contributed by atoms with Crippen LogP contribution in [0, 0.1) is 0 Å². The third kappa shape index (κ3) is 4.68. The second kappa shape index (κ2) is 7.55. The summed E-state index contributed by atoms with van der Waals surface area (Å²) in [5.74, 6) is 1.15. The van der Waals surface area contributed by atoms with Crippen molar-refractivity contribution in [3.05, 3.63) is 53.6 Å². The zero-order valence-corrected chi connectivity index (χ0v) is 12.4. The monoisotopic (exact) mass is 305 g/mol. The summed E-state index contributed by atoms with van der Waals surface area (Å²) >= 11 is 5.91. The fraction of sp³-hybridized carbons (Fsp3) is 0.188. The molecule has 0 saturated carbocycles. The third-order valence-electron chi connectivity index (χ3n) is 2.78. The molecule has 0 radical (unpaired) electrons. The maximum atomic E-state index is 11.9. The fourth-order valence-electron chi connectivity index (χ4n) is 1.77. The molecule has 1 N–H and O–H groups in total. The van der Waals surface area contributed by atoms with Crippen LogP contribution in [0.15, 0.2) is 48.5 Å². The molecule has 2 aromatic carbocycles. The largest absolute Gasteiger partial charge is 0.495 e. The van der Waals surface area contributed by atoms with E-state index in [0.29, 0.717) is 23.1 Å². The summed E-state index contributed by atoms with van der Waals surface area (Å²) in [5.41, 5.74) is 0.551. The van der Waals surface area contributed by atoms with Crippen LogP contribution in [-0.2, 0) is 4.79 Å². The van der Waals surface area contributed by atoms with Crippen molar-refractivity contribution >= 4 is 23.2 Å². The van der Waals surface area contributed by atoms with E-state index in [4.69, 9.17) is 21.1 Å². The number of nitrogens with one attached hydrogen (secondary N) is 1. The molecule has 2 aromatic rings. The molecule has 0 aromatic heterocycles. The number of halogens is 1. The topological polar surface area (TPSA) is 47.6 Å². The Labute approximate surface area is 128 Å². The molecule has 1 amide bonds. The molecule has 21 heavy (non-hydrogen) atoms. The van der Waals surface area contributed by atoms with Gasteiger partial charge in [-0.15, -0.1) is 0 Å². The smallest absolute Gasteiger partial charge is 0.227 e. The van der Waals surface area contributed by atoms with Gasteiger partial charge in [0, 0.05) is 5.02 Å². The Morgan fingerprint density at radius 1 is 1.19 bits per heavy atom. The number of methoxy groups -OCH3 is 1. The number of benzene rings is 2. The predicted molar refractivity (Wildman–Crippen MR) is 83.2 cm³/mol. The predicted octanol–water partition coefficient (Wildman–Crippen LogP) is 3.76. The lowest BCUT2D eigenvalue weighted by atomic mass is 10.2. The number of amides is 1. The van der Waals surface area contributed by atoms with Gasteiger partial charge in [-0.1, -0.05) is 29.8 Å². The Balaban J connectivity index is 1.86. The highest BCUT2D eigenvalue weighted by Crippen LogP contribution is 2.27. The van der Waals surface area contributed by atoms with Gasteiger partial charge in [-0.25, -0.2) is 0 Å². The number of carbonyl (C=O) groups excluding carboxylic acids is 1. The Kier molecular flexibility index (Phi) is 5.46. The number of anilines is 1. The van der Waals surface area contributed by atoms with Gasteiger partial charge < -0.3 is 14.8 Å². The quantitative estimate of drug-likeness (QED) is 0.884. The van der Waals surface area contributed by atoms with Crippen LogP contribution >= 0.6 is 11.6 Å². The molecule has 110 valence electrons. The Bertz CT molecular complexity index is 602. The van der Waals surface area contributed by atoms with Crippen molar-refractivity contribution in [2.24, 2.45) is 0 Å². The fourth-order valence-corrected chi connectivity index (χ4v) is 1.94. The molecule has 0 aliphatic heterocycles. The Hall–Kier alpha value is -2.20. The molecule has 0 heterocycles. The average Bonchev–Trinajstić information content (AvgIpc) is 2.48. The molecule has 5 heteroatoms. The van der Waals surface area contributed by atoms with Crippen LogP contribution in [0.3, 0.4) is 0 Å². The van der Waals surface area contributed by atoms with Gasteiger partial charge in [-0.05, 0) is 30.3 Å². The molecule has 0 saturated heterocycles. The lowest BCUT2D eigenvalue weighted by Crippen LogP contribution is -2.15. The zero-order chi connectivity index (χ0) is 15.1. The van der Waals surface area contributed by atoms with E-state index in [-0.39, 0.29) is 12.3 Å². The summed E-state index contributed by atoms with van der Waals surface area (Å²) in [6.45, 7) is 0.304. The molecule has 0 fully saturated rings. The van der Waals surface area contributed by atoms with E-state index in [1.54, 1.807) is 18.2 Å².